The number of carbonyl (C=O) groups is 1. The van der Waals surface area contributed by atoms with Gasteiger partial charge in [0.1, 0.15) is 11.1 Å². The Morgan fingerprint density at radius 3 is 2.29 bits per heavy atom. The lowest BCUT2D eigenvalue weighted by atomic mass is 10.1. The van der Waals surface area contributed by atoms with Gasteiger partial charge in [-0.05, 0) is 29.7 Å². The van der Waals surface area contributed by atoms with Gasteiger partial charge in [-0.25, -0.2) is 0 Å². The molecular formula is C17H17ClO3. The fourth-order valence-corrected chi connectivity index (χ4v) is 2.12. The molecule has 0 saturated carbocycles. The summed E-state index contributed by atoms with van der Waals surface area (Å²) >= 11 is 5.72. The minimum absolute atomic E-state index is 0.331. The Hall–Kier alpha value is -2.00. The molecule has 21 heavy (non-hydrogen) atoms. The van der Waals surface area contributed by atoms with E-state index in [2.05, 4.69) is 0 Å². The van der Waals surface area contributed by atoms with E-state index in [1.165, 1.54) is 0 Å². The average Bonchev–Trinajstić information content (AvgIpc) is 2.50. The summed E-state index contributed by atoms with van der Waals surface area (Å²) in [4.78, 5) is 10.7. The summed E-state index contributed by atoms with van der Waals surface area (Å²) in [6.07, 6.45) is 1.14. The highest BCUT2D eigenvalue weighted by Gasteiger charge is 2.13. The standard InChI is InChI=1S/C17H17ClO3/c18-16(17(19)20)12-14-8-6-13(7-9-14)10-11-21-15-4-2-1-3-5-15/h1-9,16H,10-12H2,(H,19,20). The van der Waals surface area contributed by atoms with Crippen molar-refractivity contribution in [2.75, 3.05) is 6.61 Å². The molecule has 0 radical (unpaired) electrons. The molecule has 110 valence electrons. The van der Waals surface area contributed by atoms with E-state index in [0.29, 0.717) is 13.0 Å². The molecule has 0 bridgehead atoms. The molecule has 3 nitrogen and oxygen atoms in total. The Labute approximate surface area is 129 Å². The summed E-state index contributed by atoms with van der Waals surface area (Å²) in [6.45, 7) is 0.608. The van der Waals surface area contributed by atoms with Crippen molar-refractivity contribution in [2.45, 2.75) is 18.2 Å². The van der Waals surface area contributed by atoms with E-state index in [1.54, 1.807) is 0 Å². The number of benzene rings is 2. The number of hydrogen-bond donors (Lipinski definition) is 1. The van der Waals surface area contributed by atoms with Crippen LogP contribution in [-0.2, 0) is 17.6 Å². The maximum atomic E-state index is 10.7. The van der Waals surface area contributed by atoms with Gasteiger partial charge in [0.15, 0.2) is 0 Å². The third kappa shape index (κ3) is 5.12. The van der Waals surface area contributed by atoms with Crippen molar-refractivity contribution in [1.82, 2.24) is 0 Å². The van der Waals surface area contributed by atoms with Crippen molar-refractivity contribution in [3.8, 4) is 5.75 Å². The number of alkyl halides is 1. The number of carboxylic acids is 1. The first-order valence-electron chi connectivity index (χ1n) is 6.77. The second-order valence-electron chi connectivity index (χ2n) is 4.74. The lowest BCUT2D eigenvalue weighted by molar-refractivity contribution is -0.136. The molecule has 0 fully saturated rings. The van der Waals surface area contributed by atoms with Crippen molar-refractivity contribution in [3.05, 3.63) is 65.7 Å². The van der Waals surface area contributed by atoms with E-state index in [1.807, 2.05) is 54.6 Å². The van der Waals surface area contributed by atoms with E-state index in [4.69, 9.17) is 21.4 Å². The van der Waals surface area contributed by atoms with Crippen LogP contribution in [0.25, 0.3) is 0 Å². The van der Waals surface area contributed by atoms with Crippen molar-refractivity contribution < 1.29 is 14.6 Å². The van der Waals surface area contributed by atoms with E-state index in [9.17, 15) is 4.79 Å². The van der Waals surface area contributed by atoms with Crippen LogP contribution in [0.1, 0.15) is 11.1 Å². The summed E-state index contributed by atoms with van der Waals surface area (Å²) in [5.74, 6) is -0.127. The fourth-order valence-electron chi connectivity index (χ4n) is 1.94. The molecule has 0 aromatic heterocycles. The van der Waals surface area contributed by atoms with E-state index in [0.717, 1.165) is 23.3 Å². The molecule has 0 saturated heterocycles. The van der Waals surface area contributed by atoms with Crippen LogP contribution in [0, 0.1) is 0 Å². The van der Waals surface area contributed by atoms with Crippen molar-refractivity contribution in [2.24, 2.45) is 0 Å². The van der Waals surface area contributed by atoms with Crippen LogP contribution in [-0.4, -0.2) is 23.1 Å². The Bertz CT molecular complexity index is 566. The second-order valence-corrected chi connectivity index (χ2v) is 5.26. The maximum Gasteiger partial charge on any atom is 0.321 e. The number of carboxylic acid groups (broad SMARTS) is 1. The molecule has 0 amide bonds. The predicted molar refractivity (Wildman–Crippen MR) is 83.1 cm³/mol. The van der Waals surface area contributed by atoms with Crippen molar-refractivity contribution in [3.63, 3.8) is 0 Å². The van der Waals surface area contributed by atoms with Gasteiger partial charge in [0, 0.05) is 6.42 Å². The minimum atomic E-state index is -0.989. The summed E-state index contributed by atoms with van der Waals surface area (Å²) < 4.78 is 5.64. The van der Waals surface area contributed by atoms with Gasteiger partial charge in [0.25, 0.3) is 0 Å². The number of hydrogen-bond acceptors (Lipinski definition) is 2. The summed E-state index contributed by atoms with van der Waals surface area (Å²) in [5.41, 5.74) is 2.07. The summed E-state index contributed by atoms with van der Waals surface area (Å²) in [7, 11) is 0. The molecule has 1 unspecified atom stereocenters. The van der Waals surface area contributed by atoms with Gasteiger partial charge in [0.05, 0.1) is 6.61 Å². The largest absolute Gasteiger partial charge is 0.493 e. The second kappa shape index (κ2) is 7.70. The summed E-state index contributed by atoms with van der Waals surface area (Å²) in [6, 6.07) is 17.5. The van der Waals surface area contributed by atoms with Gasteiger partial charge in [-0.15, -0.1) is 11.6 Å². The molecule has 2 aromatic rings. The zero-order valence-electron chi connectivity index (χ0n) is 11.5. The normalized spacial score (nSPS) is 11.9. The van der Waals surface area contributed by atoms with Gasteiger partial charge in [0.2, 0.25) is 0 Å². The lowest BCUT2D eigenvalue weighted by Gasteiger charge is -2.08. The molecule has 0 spiro atoms. The molecule has 0 aliphatic carbocycles. The third-order valence-corrected chi connectivity index (χ3v) is 3.45. The molecule has 1 atom stereocenters. The zero-order chi connectivity index (χ0) is 15.1. The first-order valence-corrected chi connectivity index (χ1v) is 7.21. The lowest BCUT2D eigenvalue weighted by Crippen LogP contribution is -2.15. The number of halogens is 1. The molecule has 1 N–H and O–H groups in total. The average molecular weight is 305 g/mol. The molecule has 2 aromatic carbocycles. The van der Waals surface area contributed by atoms with Crippen molar-refractivity contribution in [1.29, 1.82) is 0 Å². The number of aliphatic carboxylic acids is 1. The van der Waals surface area contributed by atoms with Crippen LogP contribution < -0.4 is 4.74 Å². The van der Waals surface area contributed by atoms with Crippen LogP contribution in [0.5, 0.6) is 5.75 Å². The molecule has 0 heterocycles. The molecular weight excluding hydrogens is 288 g/mol. The Kier molecular flexibility index (Phi) is 5.64. The smallest absolute Gasteiger partial charge is 0.321 e. The van der Waals surface area contributed by atoms with Crippen LogP contribution in [0.4, 0.5) is 0 Å². The van der Waals surface area contributed by atoms with Gasteiger partial charge < -0.3 is 9.84 Å². The highest BCUT2D eigenvalue weighted by Crippen LogP contribution is 2.12. The minimum Gasteiger partial charge on any atom is -0.493 e. The van der Waals surface area contributed by atoms with Gasteiger partial charge in [-0.1, -0.05) is 42.5 Å². The van der Waals surface area contributed by atoms with Crippen LogP contribution >= 0.6 is 11.6 Å². The third-order valence-electron chi connectivity index (χ3n) is 3.11. The highest BCUT2D eigenvalue weighted by atomic mass is 35.5. The van der Waals surface area contributed by atoms with Crippen LogP contribution in [0.3, 0.4) is 0 Å². The van der Waals surface area contributed by atoms with Crippen LogP contribution in [0.2, 0.25) is 0 Å². The Balaban J connectivity index is 1.81. The molecule has 4 heteroatoms. The maximum absolute atomic E-state index is 10.7. The molecule has 2 rings (SSSR count). The monoisotopic (exact) mass is 304 g/mol. The first kappa shape index (κ1) is 15.4. The SMILES string of the molecule is O=C(O)C(Cl)Cc1ccc(CCOc2ccccc2)cc1. The van der Waals surface area contributed by atoms with Crippen molar-refractivity contribution >= 4 is 17.6 Å². The van der Waals surface area contributed by atoms with E-state index >= 15 is 0 Å². The van der Waals surface area contributed by atoms with Gasteiger partial charge in [-0.2, -0.15) is 0 Å². The fraction of sp³-hybridized carbons (Fsp3) is 0.235. The highest BCUT2D eigenvalue weighted by molar-refractivity contribution is 6.29. The van der Waals surface area contributed by atoms with Gasteiger partial charge in [-0.3, -0.25) is 4.79 Å². The Morgan fingerprint density at radius 1 is 1.05 bits per heavy atom. The first-order chi connectivity index (χ1) is 10.1. The number of rotatable bonds is 7. The number of ether oxygens (including phenoxy) is 1. The van der Waals surface area contributed by atoms with E-state index in [-0.39, 0.29) is 0 Å². The summed E-state index contributed by atoms with van der Waals surface area (Å²) in [5, 5.41) is 7.90. The molecule has 0 aliphatic rings. The zero-order valence-corrected chi connectivity index (χ0v) is 12.3. The van der Waals surface area contributed by atoms with Gasteiger partial charge >= 0.3 is 5.97 Å². The topological polar surface area (TPSA) is 46.5 Å². The number of para-hydroxylation sites is 1. The van der Waals surface area contributed by atoms with E-state index < -0.39 is 11.3 Å². The Morgan fingerprint density at radius 2 is 1.67 bits per heavy atom. The molecule has 0 aliphatic heterocycles. The quantitative estimate of drug-likeness (QED) is 0.796. The van der Waals surface area contributed by atoms with Crippen LogP contribution in [0.15, 0.2) is 54.6 Å². The predicted octanol–water partition coefficient (Wildman–Crippen LogP) is 3.54.